The molecular formula is C26H27N5O2. The molecule has 0 bridgehead atoms. The van der Waals surface area contributed by atoms with Crippen LogP contribution in [0.4, 0.5) is 5.69 Å². The molecule has 0 spiro atoms. The van der Waals surface area contributed by atoms with Gasteiger partial charge in [-0.1, -0.05) is 36.4 Å². The number of nitrogens with zero attached hydrogens (tertiary/aromatic N) is 2. The maximum Gasteiger partial charge on any atom is 0.271 e. The van der Waals surface area contributed by atoms with Gasteiger partial charge in [-0.05, 0) is 55.9 Å². The van der Waals surface area contributed by atoms with Crippen molar-refractivity contribution in [3.63, 3.8) is 0 Å². The molecule has 2 heterocycles. The summed E-state index contributed by atoms with van der Waals surface area (Å²) in [5, 5.41) is 10.6. The normalized spacial score (nSPS) is 13.0. The van der Waals surface area contributed by atoms with Crippen molar-refractivity contribution in [3.05, 3.63) is 88.0 Å². The van der Waals surface area contributed by atoms with Gasteiger partial charge in [0.2, 0.25) is 0 Å². The molecule has 168 valence electrons. The number of aromatic amines is 1. The molecule has 2 aromatic heterocycles. The number of para-hydroxylation sites is 2. The number of anilines is 1. The monoisotopic (exact) mass is 441 g/mol. The molecule has 0 saturated carbocycles. The Hall–Kier alpha value is -3.87. The van der Waals surface area contributed by atoms with E-state index >= 15 is 0 Å². The average molecular weight is 442 g/mol. The SMILES string of the molecule is O=C(NCCCNc1c2c(nc3ccccc13)CCCC2)c1cc(=O)n(-c2ccccc2)[nH]1. The number of pyridine rings is 1. The second kappa shape index (κ2) is 9.32. The predicted octanol–water partition coefficient (Wildman–Crippen LogP) is 3.82. The molecule has 2 aromatic carbocycles. The topological polar surface area (TPSA) is 91.8 Å². The van der Waals surface area contributed by atoms with Crippen molar-refractivity contribution in [3.8, 4) is 5.69 Å². The Bertz CT molecular complexity index is 1340. The van der Waals surface area contributed by atoms with Crippen LogP contribution in [-0.4, -0.2) is 33.8 Å². The molecular weight excluding hydrogens is 414 g/mol. The van der Waals surface area contributed by atoms with E-state index in [2.05, 4.69) is 27.9 Å². The number of amides is 1. The first kappa shape index (κ1) is 21.0. The third-order valence-electron chi connectivity index (χ3n) is 6.09. The van der Waals surface area contributed by atoms with Crippen molar-refractivity contribution in [2.75, 3.05) is 18.4 Å². The maximum absolute atomic E-state index is 12.5. The highest BCUT2D eigenvalue weighted by atomic mass is 16.2. The summed E-state index contributed by atoms with van der Waals surface area (Å²) < 4.78 is 1.37. The van der Waals surface area contributed by atoms with E-state index in [1.54, 1.807) is 0 Å². The molecule has 1 aliphatic rings. The van der Waals surface area contributed by atoms with Crippen molar-refractivity contribution in [1.29, 1.82) is 0 Å². The Morgan fingerprint density at radius 3 is 2.67 bits per heavy atom. The molecule has 0 fully saturated rings. The van der Waals surface area contributed by atoms with Crippen LogP contribution in [0.25, 0.3) is 16.6 Å². The molecule has 33 heavy (non-hydrogen) atoms. The van der Waals surface area contributed by atoms with Gasteiger partial charge < -0.3 is 10.6 Å². The Labute approximate surface area is 191 Å². The number of aromatic nitrogens is 3. The van der Waals surface area contributed by atoms with Gasteiger partial charge in [-0.2, -0.15) is 0 Å². The Morgan fingerprint density at radius 2 is 1.79 bits per heavy atom. The Morgan fingerprint density at radius 1 is 1.00 bits per heavy atom. The van der Waals surface area contributed by atoms with Gasteiger partial charge in [0, 0.05) is 35.9 Å². The summed E-state index contributed by atoms with van der Waals surface area (Å²) in [6.07, 6.45) is 5.24. The fourth-order valence-electron chi connectivity index (χ4n) is 4.45. The zero-order valence-electron chi connectivity index (χ0n) is 18.4. The zero-order chi connectivity index (χ0) is 22.6. The number of H-pyrrole nitrogens is 1. The molecule has 0 saturated heterocycles. The van der Waals surface area contributed by atoms with E-state index in [0.29, 0.717) is 12.2 Å². The molecule has 0 unspecified atom stereocenters. The third-order valence-corrected chi connectivity index (χ3v) is 6.09. The zero-order valence-corrected chi connectivity index (χ0v) is 18.4. The smallest absolute Gasteiger partial charge is 0.271 e. The molecule has 0 aliphatic heterocycles. The summed E-state index contributed by atoms with van der Waals surface area (Å²) in [6.45, 7) is 1.25. The highest BCUT2D eigenvalue weighted by Crippen LogP contribution is 2.33. The summed E-state index contributed by atoms with van der Waals surface area (Å²) in [6, 6.07) is 18.8. The summed E-state index contributed by atoms with van der Waals surface area (Å²) in [5.74, 6) is -0.284. The molecule has 4 aromatic rings. The second-order valence-electron chi connectivity index (χ2n) is 8.35. The molecule has 0 atom stereocenters. The van der Waals surface area contributed by atoms with E-state index in [9.17, 15) is 9.59 Å². The lowest BCUT2D eigenvalue weighted by Crippen LogP contribution is -2.26. The summed E-state index contributed by atoms with van der Waals surface area (Å²) in [5.41, 5.74) is 5.45. The van der Waals surface area contributed by atoms with Gasteiger partial charge >= 0.3 is 0 Å². The van der Waals surface area contributed by atoms with Gasteiger partial charge in [0.05, 0.1) is 11.2 Å². The van der Waals surface area contributed by atoms with Crippen LogP contribution in [0.1, 0.15) is 41.0 Å². The largest absolute Gasteiger partial charge is 0.384 e. The van der Waals surface area contributed by atoms with Gasteiger partial charge in [-0.3, -0.25) is 19.7 Å². The van der Waals surface area contributed by atoms with Gasteiger partial charge in [0.15, 0.2) is 0 Å². The first-order valence-corrected chi connectivity index (χ1v) is 11.5. The minimum Gasteiger partial charge on any atom is -0.384 e. The number of rotatable bonds is 7. The summed E-state index contributed by atoms with van der Waals surface area (Å²) in [4.78, 5) is 29.6. The molecule has 0 radical (unpaired) electrons. The molecule has 3 N–H and O–H groups in total. The fourth-order valence-corrected chi connectivity index (χ4v) is 4.45. The van der Waals surface area contributed by atoms with E-state index in [1.165, 1.54) is 40.5 Å². The third kappa shape index (κ3) is 4.39. The first-order chi connectivity index (χ1) is 16.2. The van der Waals surface area contributed by atoms with Crippen LogP contribution < -0.4 is 16.2 Å². The summed E-state index contributed by atoms with van der Waals surface area (Å²) >= 11 is 0. The Kier molecular flexibility index (Phi) is 5.93. The van der Waals surface area contributed by atoms with Crippen molar-refractivity contribution in [1.82, 2.24) is 20.1 Å². The van der Waals surface area contributed by atoms with Crippen LogP contribution in [0.15, 0.2) is 65.5 Å². The quantitative estimate of drug-likeness (QED) is 0.380. The lowest BCUT2D eigenvalue weighted by molar-refractivity contribution is 0.0948. The molecule has 5 rings (SSSR count). The first-order valence-electron chi connectivity index (χ1n) is 11.5. The molecule has 7 heteroatoms. The minimum absolute atomic E-state index is 0.256. The van der Waals surface area contributed by atoms with Crippen molar-refractivity contribution in [2.45, 2.75) is 32.1 Å². The predicted molar refractivity (Wildman–Crippen MR) is 130 cm³/mol. The van der Waals surface area contributed by atoms with Crippen molar-refractivity contribution < 1.29 is 4.79 Å². The van der Waals surface area contributed by atoms with E-state index < -0.39 is 0 Å². The minimum atomic E-state index is -0.284. The number of carbonyl (C=O) groups excluding carboxylic acids is 1. The molecule has 7 nitrogen and oxygen atoms in total. The number of benzene rings is 2. The number of aryl methyl sites for hydroxylation is 1. The van der Waals surface area contributed by atoms with E-state index in [-0.39, 0.29) is 17.2 Å². The lowest BCUT2D eigenvalue weighted by atomic mass is 9.92. The maximum atomic E-state index is 12.5. The van der Waals surface area contributed by atoms with Gasteiger partial charge in [-0.25, -0.2) is 4.68 Å². The number of hydrogen-bond donors (Lipinski definition) is 3. The molecule has 1 amide bonds. The molecule has 1 aliphatic carbocycles. The number of fused-ring (bicyclic) bond motifs is 2. The summed E-state index contributed by atoms with van der Waals surface area (Å²) in [7, 11) is 0. The second-order valence-corrected chi connectivity index (χ2v) is 8.35. The van der Waals surface area contributed by atoms with Crippen LogP contribution >= 0.6 is 0 Å². The fraction of sp³-hybridized carbons (Fsp3) is 0.269. The van der Waals surface area contributed by atoms with Crippen LogP contribution in [0.5, 0.6) is 0 Å². The van der Waals surface area contributed by atoms with Crippen molar-refractivity contribution >= 4 is 22.5 Å². The average Bonchev–Trinajstić information content (AvgIpc) is 3.25. The van der Waals surface area contributed by atoms with E-state index in [4.69, 9.17) is 4.98 Å². The van der Waals surface area contributed by atoms with Crippen molar-refractivity contribution in [2.24, 2.45) is 0 Å². The lowest BCUT2D eigenvalue weighted by Gasteiger charge is -2.21. The van der Waals surface area contributed by atoms with E-state index in [0.717, 1.165) is 36.7 Å². The van der Waals surface area contributed by atoms with Gasteiger partial charge in [0.25, 0.3) is 11.5 Å². The number of nitrogens with one attached hydrogen (secondary N) is 3. The highest BCUT2D eigenvalue weighted by Gasteiger charge is 2.18. The van der Waals surface area contributed by atoms with Gasteiger partial charge in [0.1, 0.15) is 5.69 Å². The van der Waals surface area contributed by atoms with Gasteiger partial charge in [-0.15, -0.1) is 0 Å². The van der Waals surface area contributed by atoms with Crippen LogP contribution in [-0.2, 0) is 12.8 Å². The van der Waals surface area contributed by atoms with Crippen LogP contribution in [0.2, 0.25) is 0 Å². The van der Waals surface area contributed by atoms with Crippen LogP contribution in [0, 0.1) is 0 Å². The van der Waals surface area contributed by atoms with E-state index in [1.807, 2.05) is 42.5 Å². The Balaban J connectivity index is 1.20. The highest BCUT2D eigenvalue weighted by molar-refractivity contribution is 5.93. The standard InChI is InChI=1S/C26H27N5O2/c32-24-17-23(30-31(24)18-9-2-1-3-10-18)26(33)28-16-8-15-27-25-19-11-4-6-13-21(19)29-22-14-7-5-12-20(22)25/h1-4,6,9-11,13,17,30H,5,7-8,12,14-16H2,(H,27,29)(H,28,33). The van der Waals surface area contributed by atoms with Crippen LogP contribution in [0.3, 0.4) is 0 Å². The number of carbonyl (C=O) groups is 1. The number of hydrogen-bond acceptors (Lipinski definition) is 4.